The average Bonchev–Trinajstić information content (AvgIpc) is 2.17. The molecule has 15 heavy (non-hydrogen) atoms. The van der Waals surface area contributed by atoms with Crippen molar-refractivity contribution >= 4 is 11.7 Å². The first-order valence-electron chi connectivity index (χ1n) is 4.33. The largest absolute Gasteiger partial charge is 0.480 e. The first-order chi connectivity index (χ1) is 6.95. The van der Waals surface area contributed by atoms with Crippen molar-refractivity contribution in [1.82, 2.24) is 4.98 Å². The zero-order valence-corrected chi connectivity index (χ0v) is 8.48. The van der Waals surface area contributed by atoms with Gasteiger partial charge in [0.1, 0.15) is 17.3 Å². The van der Waals surface area contributed by atoms with Gasteiger partial charge in [0, 0.05) is 11.9 Å². The Morgan fingerprint density at radius 2 is 2.33 bits per heavy atom. The molecule has 0 aliphatic heterocycles. The highest BCUT2D eigenvalue weighted by Gasteiger charge is 2.26. The molecule has 78 valence electrons. The molecule has 0 aliphatic carbocycles. The van der Waals surface area contributed by atoms with Gasteiger partial charge in [0.2, 0.25) is 0 Å². The van der Waals surface area contributed by atoms with Crippen LogP contribution in [0.25, 0.3) is 0 Å². The summed E-state index contributed by atoms with van der Waals surface area (Å²) < 4.78 is 0. The number of anilines is 1. The van der Waals surface area contributed by atoms with Crippen molar-refractivity contribution in [2.75, 3.05) is 5.32 Å². The molecule has 0 saturated heterocycles. The number of aromatic nitrogens is 1. The number of aliphatic carboxylic acids is 1. The van der Waals surface area contributed by atoms with E-state index in [0.29, 0.717) is 5.69 Å². The maximum Gasteiger partial charge on any atom is 0.328 e. The summed E-state index contributed by atoms with van der Waals surface area (Å²) in [7, 11) is 0. The van der Waals surface area contributed by atoms with Gasteiger partial charge in [-0.05, 0) is 26.0 Å². The average molecular weight is 205 g/mol. The van der Waals surface area contributed by atoms with Crippen molar-refractivity contribution in [3.05, 3.63) is 24.0 Å². The molecule has 1 rings (SSSR count). The molecule has 0 aliphatic rings. The van der Waals surface area contributed by atoms with Gasteiger partial charge in [0.05, 0.1) is 0 Å². The fourth-order valence-electron chi connectivity index (χ4n) is 0.984. The predicted octanol–water partition coefficient (Wildman–Crippen LogP) is 1.23. The number of carbonyl (C=O) groups is 1. The lowest BCUT2D eigenvalue weighted by Crippen LogP contribution is -2.39. The zero-order chi connectivity index (χ0) is 11.5. The van der Waals surface area contributed by atoms with Crippen molar-refractivity contribution in [2.24, 2.45) is 0 Å². The predicted molar refractivity (Wildman–Crippen MR) is 54.3 cm³/mol. The van der Waals surface area contributed by atoms with E-state index in [0.717, 1.165) is 0 Å². The van der Waals surface area contributed by atoms with Gasteiger partial charge in [-0.25, -0.2) is 9.78 Å². The zero-order valence-electron chi connectivity index (χ0n) is 8.48. The van der Waals surface area contributed by atoms with Gasteiger partial charge in [-0.1, -0.05) is 0 Å². The maximum atomic E-state index is 10.8. The van der Waals surface area contributed by atoms with Gasteiger partial charge >= 0.3 is 5.97 Å². The molecular weight excluding hydrogens is 194 g/mol. The molecular formula is C10H11N3O2. The number of hydrogen-bond acceptors (Lipinski definition) is 4. The first-order valence-corrected chi connectivity index (χ1v) is 4.33. The van der Waals surface area contributed by atoms with Crippen LogP contribution >= 0.6 is 0 Å². The molecule has 0 bridgehead atoms. The van der Waals surface area contributed by atoms with Crippen LogP contribution in [0.3, 0.4) is 0 Å². The molecule has 1 aromatic heterocycles. The Kier molecular flexibility index (Phi) is 2.90. The second kappa shape index (κ2) is 3.96. The summed E-state index contributed by atoms with van der Waals surface area (Å²) in [6.45, 7) is 3.09. The third-order valence-electron chi connectivity index (χ3n) is 1.87. The Bertz CT molecular complexity index is 421. The molecule has 0 fully saturated rings. The highest BCUT2D eigenvalue weighted by Crippen LogP contribution is 2.15. The number of carboxylic acids is 1. The topological polar surface area (TPSA) is 86.0 Å². The van der Waals surface area contributed by atoms with Gasteiger partial charge in [-0.15, -0.1) is 0 Å². The Labute approximate surface area is 87.4 Å². The van der Waals surface area contributed by atoms with E-state index in [1.165, 1.54) is 12.3 Å². The Balaban J connectivity index is 2.91. The van der Waals surface area contributed by atoms with Crippen molar-refractivity contribution < 1.29 is 9.90 Å². The van der Waals surface area contributed by atoms with Gasteiger partial charge < -0.3 is 10.4 Å². The van der Waals surface area contributed by atoms with Crippen LogP contribution in [0.4, 0.5) is 5.69 Å². The smallest absolute Gasteiger partial charge is 0.328 e. The second-order valence-electron chi connectivity index (χ2n) is 3.60. The summed E-state index contributed by atoms with van der Waals surface area (Å²) in [4.78, 5) is 14.6. The normalized spacial score (nSPS) is 10.5. The quantitative estimate of drug-likeness (QED) is 0.775. The number of hydrogen-bond donors (Lipinski definition) is 2. The summed E-state index contributed by atoms with van der Waals surface area (Å²) in [5.41, 5.74) is -0.260. The Hall–Kier alpha value is -2.09. The van der Waals surface area contributed by atoms with Crippen LogP contribution in [0.2, 0.25) is 0 Å². The van der Waals surface area contributed by atoms with E-state index in [1.807, 2.05) is 6.07 Å². The molecule has 0 radical (unpaired) electrons. The van der Waals surface area contributed by atoms with Crippen molar-refractivity contribution in [1.29, 1.82) is 5.26 Å². The van der Waals surface area contributed by atoms with E-state index in [4.69, 9.17) is 10.4 Å². The first kappa shape index (κ1) is 11.0. The molecule has 1 aromatic rings. The molecule has 0 aromatic carbocycles. The number of nitriles is 1. The van der Waals surface area contributed by atoms with Gasteiger partial charge in [0.25, 0.3) is 0 Å². The van der Waals surface area contributed by atoms with Gasteiger partial charge in [0.15, 0.2) is 0 Å². The van der Waals surface area contributed by atoms with Crippen LogP contribution in [-0.2, 0) is 4.79 Å². The van der Waals surface area contributed by atoms with Crippen LogP contribution in [-0.4, -0.2) is 21.6 Å². The standard InChI is InChI=1S/C10H11N3O2/c1-10(2,9(14)15)13-7-3-4-12-8(5-7)6-11/h3-5H,1-2H3,(H,12,13)(H,14,15). The highest BCUT2D eigenvalue weighted by atomic mass is 16.4. The molecule has 5 nitrogen and oxygen atoms in total. The lowest BCUT2D eigenvalue weighted by molar-refractivity contribution is -0.141. The van der Waals surface area contributed by atoms with Crippen molar-refractivity contribution in [3.63, 3.8) is 0 Å². The molecule has 0 amide bonds. The van der Waals surface area contributed by atoms with E-state index < -0.39 is 11.5 Å². The minimum absolute atomic E-state index is 0.251. The van der Waals surface area contributed by atoms with Gasteiger partial charge in [-0.2, -0.15) is 5.26 Å². The Morgan fingerprint density at radius 1 is 1.67 bits per heavy atom. The fourth-order valence-corrected chi connectivity index (χ4v) is 0.984. The van der Waals surface area contributed by atoms with E-state index >= 15 is 0 Å². The molecule has 0 atom stereocenters. The number of carboxylic acid groups (broad SMARTS) is 1. The molecule has 0 saturated carbocycles. The van der Waals surface area contributed by atoms with Crippen LogP contribution in [0, 0.1) is 11.3 Å². The SMILES string of the molecule is CC(C)(Nc1ccnc(C#N)c1)C(=O)O. The van der Waals surface area contributed by atoms with E-state index in [1.54, 1.807) is 19.9 Å². The molecule has 5 heteroatoms. The van der Waals surface area contributed by atoms with E-state index in [9.17, 15) is 4.79 Å². The molecule has 0 unspecified atom stereocenters. The lowest BCUT2D eigenvalue weighted by atomic mass is 10.1. The number of pyridine rings is 1. The second-order valence-corrected chi connectivity index (χ2v) is 3.60. The summed E-state index contributed by atoms with van der Waals surface area (Å²) in [5, 5.41) is 20.3. The van der Waals surface area contributed by atoms with Crippen molar-refractivity contribution in [2.45, 2.75) is 19.4 Å². The third-order valence-corrected chi connectivity index (χ3v) is 1.87. The van der Waals surface area contributed by atoms with Crippen molar-refractivity contribution in [3.8, 4) is 6.07 Å². The Morgan fingerprint density at radius 3 is 2.87 bits per heavy atom. The van der Waals surface area contributed by atoms with Crippen LogP contribution in [0.5, 0.6) is 0 Å². The summed E-state index contributed by atoms with van der Waals surface area (Å²) in [6, 6.07) is 5.01. The van der Waals surface area contributed by atoms with E-state index in [2.05, 4.69) is 10.3 Å². The maximum absolute atomic E-state index is 10.8. The summed E-state index contributed by atoms with van der Waals surface area (Å²) >= 11 is 0. The van der Waals surface area contributed by atoms with Crippen LogP contribution in [0.1, 0.15) is 19.5 Å². The fraction of sp³-hybridized carbons (Fsp3) is 0.300. The van der Waals surface area contributed by atoms with Crippen LogP contribution in [0.15, 0.2) is 18.3 Å². The minimum atomic E-state index is -1.08. The molecule has 2 N–H and O–H groups in total. The monoisotopic (exact) mass is 205 g/mol. The number of nitrogens with one attached hydrogen (secondary N) is 1. The highest BCUT2D eigenvalue weighted by molar-refractivity contribution is 5.81. The molecule has 1 heterocycles. The van der Waals surface area contributed by atoms with E-state index in [-0.39, 0.29) is 5.69 Å². The summed E-state index contributed by atoms with van der Waals surface area (Å²) in [5.74, 6) is -0.960. The van der Waals surface area contributed by atoms with Gasteiger partial charge in [-0.3, -0.25) is 0 Å². The van der Waals surface area contributed by atoms with Crippen LogP contribution < -0.4 is 5.32 Å². The number of rotatable bonds is 3. The third kappa shape index (κ3) is 2.68. The summed E-state index contributed by atoms with van der Waals surface area (Å²) in [6.07, 6.45) is 1.46. The molecule has 0 spiro atoms. The lowest BCUT2D eigenvalue weighted by Gasteiger charge is -2.22. The number of nitrogens with zero attached hydrogens (tertiary/aromatic N) is 2. The minimum Gasteiger partial charge on any atom is -0.480 e.